The number of nitriles is 1. The first-order valence-electron chi connectivity index (χ1n) is 5.67. The molecule has 2 rings (SSSR count). The first-order chi connectivity index (χ1) is 8.22. The van der Waals surface area contributed by atoms with Crippen LogP contribution in [0.1, 0.15) is 24.8 Å². The molecule has 1 aromatic rings. The maximum absolute atomic E-state index is 9.68. The first-order valence-corrected chi connectivity index (χ1v) is 5.67. The molecule has 2 atom stereocenters. The molecule has 90 valence electrons. The Balaban J connectivity index is 2.17. The Labute approximate surface area is 100 Å². The summed E-state index contributed by atoms with van der Waals surface area (Å²) in [5.74, 6) is 1.17. The third-order valence-electron chi connectivity index (χ3n) is 2.95. The summed E-state index contributed by atoms with van der Waals surface area (Å²) in [5.41, 5.74) is 0.492. The van der Waals surface area contributed by atoms with Crippen molar-refractivity contribution in [2.24, 2.45) is 0 Å². The molecule has 4 heteroatoms. The highest BCUT2D eigenvalue weighted by Gasteiger charge is 2.27. The van der Waals surface area contributed by atoms with Gasteiger partial charge in [-0.05, 0) is 31.4 Å². The second-order valence-electron chi connectivity index (χ2n) is 4.16. The van der Waals surface area contributed by atoms with Crippen LogP contribution in [0.5, 0.6) is 11.5 Å². The summed E-state index contributed by atoms with van der Waals surface area (Å²) in [4.78, 5) is 0. The molecule has 1 aliphatic rings. The second kappa shape index (κ2) is 5.07. The molecule has 0 amide bonds. The zero-order valence-corrected chi connectivity index (χ0v) is 9.72. The largest absolute Gasteiger partial charge is 0.497 e. The van der Waals surface area contributed by atoms with Crippen molar-refractivity contribution in [3.05, 3.63) is 23.8 Å². The SMILES string of the molecule is COc1cc(C#N)cc(O[C@H]2CCC[C@@H]2O)c1. The van der Waals surface area contributed by atoms with Crippen LogP contribution in [0.2, 0.25) is 0 Å². The number of benzene rings is 1. The highest BCUT2D eigenvalue weighted by atomic mass is 16.5. The Morgan fingerprint density at radius 2 is 2.06 bits per heavy atom. The van der Waals surface area contributed by atoms with Crippen LogP contribution in [0.4, 0.5) is 0 Å². The predicted molar refractivity (Wildman–Crippen MR) is 62.0 cm³/mol. The highest BCUT2D eigenvalue weighted by molar-refractivity contribution is 5.44. The minimum absolute atomic E-state index is 0.173. The van der Waals surface area contributed by atoms with Gasteiger partial charge in [0.2, 0.25) is 0 Å². The predicted octanol–water partition coefficient (Wildman–Crippen LogP) is 1.86. The zero-order chi connectivity index (χ0) is 12.3. The molecule has 0 radical (unpaired) electrons. The lowest BCUT2D eigenvalue weighted by Crippen LogP contribution is -2.25. The van der Waals surface area contributed by atoms with Crippen molar-refractivity contribution in [3.63, 3.8) is 0 Å². The van der Waals surface area contributed by atoms with Crippen LogP contribution in [-0.2, 0) is 0 Å². The van der Waals surface area contributed by atoms with Gasteiger partial charge in [0.15, 0.2) is 0 Å². The van der Waals surface area contributed by atoms with E-state index in [2.05, 4.69) is 6.07 Å². The molecule has 1 aromatic carbocycles. The van der Waals surface area contributed by atoms with E-state index in [1.54, 1.807) is 25.3 Å². The van der Waals surface area contributed by atoms with E-state index in [0.717, 1.165) is 19.3 Å². The Morgan fingerprint density at radius 3 is 2.65 bits per heavy atom. The van der Waals surface area contributed by atoms with Crippen LogP contribution >= 0.6 is 0 Å². The van der Waals surface area contributed by atoms with Crippen molar-refractivity contribution in [3.8, 4) is 17.6 Å². The van der Waals surface area contributed by atoms with Crippen molar-refractivity contribution in [1.82, 2.24) is 0 Å². The summed E-state index contributed by atoms with van der Waals surface area (Å²) >= 11 is 0. The second-order valence-corrected chi connectivity index (χ2v) is 4.16. The summed E-state index contributed by atoms with van der Waals surface area (Å²) in [6.45, 7) is 0. The van der Waals surface area contributed by atoms with E-state index < -0.39 is 6.10 Å². The smallest absolute Gasteiger partial charge is 0.124 e. The highest BCUT2D eigenvalue weighted by Crippen LogP contribution is 2.28. The topological polar surface area (TPSA) is 62.5 Å². The fourth-order valence-corrected chi connectivity index (χ4v) is 2.04. The quantitative estimate of drug-likeness (QED) is 0.865. The number of ether oxygens (including phenoxy) is 2. The number of rotatable bonds is 3. The molecular formula is C13H15NO3. The fraction of sp³-hybridized carbons (Fsp3) is 0.462. The Morgan fingerprint density at radius 1 is 1.29 bits per heavy atom. The van der Waals surface area contributed by atoms with Crippen LogP contribution in [0.15, 0.2) is 18.2 Å². The molecule has 1 N–H and O–H groups in total. The minimum atomic E-state index is -0.410. The molecular weight excluding hydrogens is 218 g/mol. The van der Waals surface area contributed by atoms with Crippen LogP contribution in [0.3, 0.4) is 0 Å². The van der Waals surface area contributed by atoms with E-state index >= 15 is 0 Å². The summed E-state index contributed by atoms with van der Waals surface area (Å²) in [6.07, 6.45) is 2.02. The van der Waals surface area contributed by atoms with Gasteiger partial charge in [0, 0.05) is 6.07 Å². The van der Waals surface area contributed by atoms with E-state index in [4.69, 9.17) is 14.7 Å². The average molecular weight is 233 g/mol. The van der Waals surface area contributed by atoms with E-state index in [-0.39, 0.29) is 6.10 Å². The van der Waals surface area contributed by atoms with Crippen LogP contribution in [-0.4, -0.2) is 24.4 Å². The lowest BCUT2D eigenvalue weighted by molar-refractivity contribution is 0.0602. The lowest BCUT2D eigenvalue weighted by Gasteiger charge is -2.17. The monoisotopic (exact) mass is 233 g/mol. The number of aliphatic hydroxyl groups excluding tert-OH is 1. The van der Waals surface area contributed by atoms with Crippen LogP contribution in [0, 0.1) is 11.3 Å². The summed E-state index contributed by atoms with van der Waals surface area (Å²) in [6, 6.07) is 7.09. The third kappa shape index (κ3) is 2.69. The molecule has 0 aliphatic heterocycles. The Bertz CT molecular complexity index is 439. The standard InChI is InChI=1S/C13H15NO3/c1-16-10-5-9(8-14)6-11(7-10)17-13-4-2-3-12(13)15/h5-7,12-13,15H,2-4H2,1H3/t12-,13-/m0/s1. The molecule has 1 aliphatic carbocycles. The normalized spacial score (nSPS) is 23.1. The van der Waals surface area contributed by atoms with Crippen molar-refractivity contribution in [1.29, 1.82) is 5.26 Å². The van der Waals surface area contributed by atoms with E-state index in [1.807, 2.05) is 0 Å². The molecule has 4 nitrogen and oxygen atoms in total. The molecule has 0 saturated heterocycles. The summed E-state index contributed by atoms with van der Waals surface area (Å²) in [7, 11) is 1.55. The molecule has 17 heavy (non-hydrogen) atoms. The molecule has 0 unspecified atom stereocenters. The number of nitrogens with zero attached hydrogens (tertiary/aromatic N) is 1. The molecule has 0 aromatic heterocycles. The maximum atomic E-state index is 9.68. The number of hydrogen-bond donors (Lipinski definition) is 1. The van der Waals surface area contributed by atoms with E-state index in [0.29, 0.717) is 17.1 Å². The minimum Gasteiger partial charge on any atom is -0.497 e. The van der Waals surface area contributed by atoms with Gasteiger partial charge in [0.05, 0.1) is 24.8 Å². The summed E-state index contributed by atoms with van der Waals surface area (Å²) in [5, 5.41) is 18.6. The molecule has 1 fully saturated rings. The maximum Gasteiger partial charge on any atom is 0.124 e. The fourth-order valence-electron chi connectivity index (χ4n) is 2.04. The van der Waals surface area contributed by atoms with Gasteiger partial charge in [0.25, 0.3) is 0 Å². The van der Waals surface area contributed by atoms with Gasteiger partial charge in [0.1, 0.15) is 17.6 Å². The number of aliphatic hydroxyl groups is 1. The number of methoxy groups -OCH3 is 1. The van der Waals surface area contributed by atoms with Gasteiger partial charge in [-0.2, -0.15) is 5.26 Å². The Hall–Kier alpha value is -1.73. The molecule has 0 heterocycles. The van der Waals surface area contributed by atoms with Crippen LogP contribution in [0.25, 0.3) is 0 Å². The molecule has 0 spiro atoms. The van der Waals surface area contributed by atoms with Gasteiger partial charge < -0.3 is 14.6 Å². The van der Waals surface area contributed by atoms with Crippen molar-refractivity contribution >= 4 is 0 Å². The van der Waals surface area contributed by atoms with Gasteiger partial charge in [-0.15, -0.1) is 0 Å². The van der Waals surface area contributed by atoms with Crippen molar-refractivity contribution < 1.29 is 14.6 Å². The van der Waals surface area contributed by atoms with Crippen LogP contribution < -0.4 is 9.47 Å². The van der Waals surface area contributed by atoms with Crippen molar-refractivity contribution in [2.75, 3.05) is 7.11 Å². The third-order valence-corrected chi connectivity index (χ3v) is 2.95. The van der Waals surface area contributed by atoms with Crippen molar-refractivity contribution in [2.45, 2.75) is 31.5 Å². The Kier molecular flexibility index (Phi) is 3.50. The van der Waals surface area contributed by atoms with Gasteiger partial charge in [-0.25, -0.2) is 0 Å². The zero-order valence-electron chi connectivity index (χ0n) is 9.72. The number of hydrogen-bond acceptors (Lipinski definition) is 4. The van der Waals surface area contributed by atoms with E-state index in [9.17, 15) is 5.11 Å². The average Bonchev–Trinajstić information content (AvgIpc) is 2.74. The summed E-state index contributed by atoms with van der Waals surface area (Å²) < 4.78 is 10.8. The lowest BCUT2D eigenvalue weighted by atomic mass is 10.2. The van der Waals surface area contributed by atoms with Gasteiger partial charge >= 0.3 is 0 Å². The molecule has 1 saturated carbocycles. The first kappa shape index (κ1) is 11.7. The van der Waals surface area contributed by atoms with Gasteiger partial charge in [-0.3, -0.25) is 0 Å². The van der Waals surface area contributed by atoms with Gasteiger partial charge in [-0.1, -0.05) is 0 Å². The molecule has 0 bridgehead atoms. The van der Waals surface area contributed by atoms with E-state index in [1.165, 1.54) is 0 Å².